The lowest BCUT2D eigenvalue weighted by atomic mass is 10.0. The lowest BCUT2D eigenvalue weighted by molar-refractivity contribution is 0.299. The Bertz CT molecular complexity index is 1380. The first-order valence-corrected chi connectivity index (χ1v) is 11.9. The fourth-order valence-corrected chi connectivity index (χ4v) is 5.61. The Morgan fingerprint density at radius 2 is 1.73 bits per heavy atom. The third kappa shape index (κ3) is 3.67. The molecule has 4 aromatic heterocycles. The van der Waals surface area contributed by atoms with E-state index in [0.29, 0.717) is 11.7 Å². The molecule has 6 rings (SSSR count). The van der Waals surface area contributed by atoms with E-state index in [1.165, 1.54) is 4.70 Å². The number of pyridine rings is 2. The Hall–Kier alpha value is -3.62. The summed E-state index contributed by atoms with van der Waals surface area (Å²) in [5.41, 5.74) is 4.02. The quantitative estimate of drug-likeness (QED) is 0.364. The van der Waals surface area contributed by atoms with Crippen molar-refractivity contribution in [3.05, 3.63) is 108 Å². The lowest BCUT2D eigenvalue weighted by Gasteiger charge is -2.28. The Kier molecular flexibility index (Phi) is 5.09. The molecular formula is C25H20N6S2. The van der Waals surface area contributed by atoms with Gasteiger partial charge in [0.1, 0.15) is 0 Å². The molecule has 1 aromatic carbocycles. The van der Waals surface area contributed by atoms with Crippen LogP contribution in [0.2, 0.25) is 0 Å². The monoisotopic (exact) mass is 468 g/mol. The van der Waals surface area contributed by atoms with Gasteiger partial charge in [-0.05, 0) is 60.7 Å². The number of thiocarbonyl (C=S) groups is 1. The van der Waals surface area contributed by atoms with Crippen LogP contribution in [0.4, 0.5) is 0 Å². The van der Waals surface area contributed by atoms with Crippen LogP contribution >= 0.6 is 23.6 Å². The van der Waals surface area contributed by atoms with Gasteiger partial charge in [0.2, 0.25) is 0 Å². The second kappa shape index (κ2) is 8.38. The maximum absolute atomic E-state index is 5.82. The van der Waals surface area contributed by atoms with Gasteiger partial charge in [-0.3, -0.25) is 14.5 Å². The fraction of sp³-hybridized carbons (Fsp3) is 0.120. The molecule has 162 valence electrons. The molecule has 0 amide bonds. The molecule has 5 aromatic rings. The van der Waals surface area contributed by atoms with Crippen LogP contribution in [-0.2, 0) is 6.54 Å². The van der Waals surface area contributed by atoms with Crippen LogP contribution in [0.25, 0.3) is 15.3 Å². The average molecular weight is 469 g/mol. The van der Waals surface area contributed by atoms with Crippen molar-refractivity contribution < 1.29 is 0 Å². The largest absolute Gasteiger partial charge is 0.352 e. The zero-order valence-electron chi connectivity index (χ0n) is 17.6. The van der Waals surface area contributed by atoms with Gasteiger partial charge >= 0.3 is 0 Å². The number of hydrogen-bond acceptors (Lipinski definition) is 5. The number of nitrogens with zero attached hydrogens (tertiary/aromatic N) is 5. The van der Waals surface area contributed by atoms with Crippen LogP contribution in [0, 0.1) is 0 Å². The molecule has 1 saturated heterocycles. The summed E-state index contributed by atoms with van der Waals surface area (Å²) in [5, 5.41) is 5.15. The zero-order chi connectivity index (χ0) is 22.2. The second-order valence-electron chi connectivity index (χ2n) is 7.84. The Labute approximate surface area is 200 Å². The van der Waals surface area contributed by atoms with Gasteiger partial charge in [0, 0.05) is 18.6 Å². The summed E-state index contributed by atoms with van der Waals surface area (Å²) in [7, 11) is 0. The minimum atomic E-state index is -0.0922. The maximum atomic E-state index is 5.82. The molecule has 0 bridgehead atoms. The number of nitrogens with one attached hydrogen (secondary N) is 1. The molecule has 33 heavy (non-hydrogen) atoms. The summed E-state index contributed by atoms with van der Waals surface area (Å²) in [5.74, 6) is 0. The SMILES string of the molecule is S=C1NC(c2ccccn2)C(c2cccn2-c2nc3ccccc3s2)N1Cc1ccccn1. The van der Waals surface area contributed by atoms with Gasteiger partial charge in [-0.2, -0.15) is 0 Å². The standard InChI is InChI=1S/C25H20N6S2/c32-24-29-22(19-10-4-6-14-27-19)23(31(24)16-17-8-3-5-13-26-17)20-11-7-15-30(20)25-28-18-9-1-2-12-21(18)33-25/h1-15,22-23H,16H2,(H,29,32). The highest BCUT2D eigenvalue weighted by Crippen LogP contribution is 2.40. The first-order valence-electron chi connectivity index (χ1n) is 10.7. The molecule has 1 N–H and O–H groups in total. The van der Waals surface area contributed by atoms with E-state index in [4.69, 9.17) is 17.2 Å². The molecule has 0 saturated carbocycles. The van der Waals surface area contributed by atoms with Crippen molar-refractivity contribution in [2.24, 2.45) is 0 Å². The summed E-state index contributed by atoms with van der Waals surface area (Å²) < 4.78 is 3.34. The molecule has 2 atom stereocenters. The molecule has 0 spiro atoms. The summed E-state index contributed by atoms with van der Waals surface area (Å²) in [6.45, 7) is 0.603. The van der Waals surface area contributed by atoms with Crippen molar-refractivity contribution >= 4 is 38.9 Å². The van der Waals surface area contributed by atoms with Gasteiger partial charge < -0.3 is 10.2 Å². The summed E-state index contributed by atoms with van der Waals surface area (Å²) in [6, 6.07) is 24.2. The molecule has 5 heterocycles. The molecule has 0 aliphatic carbocycles. The lowest BCUT2D eigenvalue weighted by Crippen LogP contribution is -2.30. The number of thiazole rings is 1. The summed E-state index contributed by atoms with van der Waals surface area (Å²) in [6.07, 6.45) is 5.71. The first kappa shape index (κ1) is 20.0. The van der Waals surface area contributed by atoms with E-state index in [-0.39, 0.29) is 12.1 Å². The van der Waals surface area contributed by atoms with Crippen molar-refractivity contribution in [3.8, 4) is 5.13 Å². The number of aromatic nitrogens is 4. The summed E-state index contributed by atoms with van der Waals surface area (Å²) >= 11 is 7.50. The van der Waals surface area contributed by atoms with E-state index in [2.05, 4.69) is 55.2 Å². The van der Waals surface area contributed by atoms with Crippen molar-refractivity contribution in [1.29, 1.82) is 0 Å². The van der Waals surface area contributed by atoms with E-state index >= 15 is 0 Å². The van der Waals surface area contributed by atoms with Gasteiger partial charge in [0.15, 0.2) is 10.2 Å². The van der Waals surface area contributed by atoms with Crippen LogP contribution in [0.15, 0.2) is 91.4 Å². The van der Waals surface area contributed by atoms with E-state index in [0.717, 1.165) is 27.7 Å². The van der Waals surface area contributed by atoms with Gasteiger partial charge in [0.25, 0.3) is 0 Å². The average Bonchev–Trinajstić information content (AvgIpc) is 3.57. The van der Waals surface area contributed by atoms with Crippen molar-refractivity contribution in [2.75, 3.05) is 0 Å². The Morgan fingerprint density at radius 1 is 0.909 bits per heavy atom. The van der Waals surface area contributed by atoms with Crippen LogP contribution in [0.3, 0.4) is 0 Å². The van der Waals surface area contributed by atoms with Crippen LogP contribution in [-0.4, -0.2) is 29.5 Å². The second-order valence-corrected chi connectivity index (χ2v) is 9.24. The van der Waals surface area contributed by atoms with Crippen LogP contribution in [0.5, 0.6) is 0 Å². The molecule has 8 heteroatoms. The Balaban J connectivity index is 1.46. The normalized spacial score (nSPS) is 18.1. The first-order chi connectivity index (χ1) is 16.3. The topological polar surface area (TPSA) is 58.9 Å². The smallest absolute Gasteiger partial charge is 0.194 e. The fourth-order valence-electron chi connectivity index (χ4n) is 4.34. The van der Waals surface area contributed by atoms with E-state index < -0.39 is 0 Å². The third-order valence-electron chi connectivity index (χ3n) is 5.83. The molecule has 6 nitrogen and oxygen atoms in total. The predicted octanol–water partition coefficient (Wildman–Crippen LogP) is 5.05. The minimum absolute atomic E-state index is 0.0728. The van der Waals surface area contributed by atoms with E-state index in [1.807, 2.05) is 60.9 Å². The third-order valence-corrected chi connectivity index (χ3v) is 7.22. The minimum Gasteiger partial charge on any atom is -0.352 e. The molecular weight excluding hydrogens is 448 g/mol. The highest BCUT2D eigenvalue weighted by atomic mass is 32.1. The summed E-state index contributed by atoms with van der Waals surface area (Å²) in [4.78, 5) is 16.3. The molecule has 1 fully saturated rings. The highest BCUT2D eigenvalue weighted by Gasteiger charge is 2.41. The molecule has 1 aliphatic rings. The van der Waals surface area contributed by atoms with Gasteiger partial charge in [-0.1, -0.05) is 35.6 Å². The van der Waals surface area contributed by atoms with E-state index in [1.54, 1.807) is 11.3 Å². The highest BCUT2D eigenvalue weighted by molar-refractivity contribution is 7.80. The maximum Gasteiger partial charge on any atom is 0.194 e. The number of benzene rings is 1. The molecule has 2 unspecified atom stereocenters. The van der Waals surface area contributed by atoms with Crippen LogP contribution in [0.1, 0.15) is 29.2 Å². The predicted molar refractivity (Wildman–Crippen MR) is 134 cm³/mol. The molecule has 1 aliphatic heterocycles. The van der Waals surface area contributed by atoms with Crippen LogP contribution < -0.4 is 5.32 Å². The number of hydrogen-bond donors (Lipinski definition) is 1. The van der Waals surface area contributed by atoms with E-state index in [9.17, 15) is 0 Å². The van der Waals surface area contributed by atoms with Gasteiger partial charge in [-0.15, -0.1) is 0 Å². The number of para-hydroxylation sites is 1. The van der Waals surface area contributed by atoms with Crippen molar-refractivity contribution in [1.82, 2.24) is 29.7 Å². The Morgan fingerprint density at radius 3 is 2.52 bits per heavy atom. The van der Waals surface area contributed by atoms with Gasteiger partial charge in [0.05, 0.1) is 45.9 Å². The molecule has 0 radical (unpaired) electrons. The number of fused-ring (bicyclic) bond motifs is 1. The zero-order valence-corrected chi connectivity index (χ0v) is 19.2. The number of rotatable bonds is 5. The van der Waals surface area contributed by atoms with Crippen molar-refractivity contribution in [2.45, 2.75) is 18.6 Å². The van der Waals surface area contributed by atoms with Gasteiger partial charge in [-0.25, -0.2) is 4.98 Å². The van der Waals surface area contributed by atoms with Crippen molar-refractivity contribution in [3.63, 3.8) is 0 Å².